The van der Waals surface area contributed by atoms with Crippen molar-refractivity contribution in [1.29, 1.82) is 0 Å². The van der Waals surface area contributed by atoms with E-state index < -0.39 is 272 Å². The summed E-state index contributed by atoms with van der Waals surface area (Å²) in [6.07, 6.45) is -60.5. The maximum atomic E-state index is 12.8. The lowest BCUT2D eigenvalue weighted by Gasteiger charge is -2.50. The summed E-state index contributed by atoms with van der Waals surface area (Å²) >= 11 is 0. The molecule has 6 aliphatic rings. The van der Waals surface area contributed by atoms with Crippen molar-refractivity contribution in [2.24, 2.45) is 0 Å². The highest BCUT2D eigenvalue weighted by atomic mass is 16.8. The molecule has 0 aromatic rings. The molecule has 6 rings (SSSR count). The van der Waals surface area contributed by atoms with Gasteiger partial charge in [-0.2, -0.15) is 0 Å². The van der Waals surface area contributed by atoms with Crippen LogP contribution >= 0.6 is 0 Å². The van der Waals surface area contributed by atoms with Gasteiger partial charge in [-0.05, 0) is 6.92 Å². The molecule has 6 saturated heterocycles. The number of amides is 3. The van der Waals surface area contributed by atoms with E-state index >= 15 is 0 Å². The van der Waals surface area contributed by atoms with E-state index in [9.17, 15) is 117 Å². The molecule has 38 nitrogen and oxygen atoms in total. The summed E-state index contributed by atoms with van der Waals surface area (Å²) in [5.41, 5.74) is 0. The van der Waals surface area contributed by atoms with Crippen LogP contribution in [0.5, 0.6) is 0 Å². The summed E-state index contributed by atoms with van der Waals surface area (Å²) in [6, 6.07) is -5.31. The molecule has 0 aromatic heterocycles. The van der Waals surface area contributed by atoms with Crippen LogP contribution in [-0.2, 0) is 71.2 Å². The average molecular weight is 1260 g/mol. The Labute approximate surface area is 488 Å². The SMILES string of the molecule is CC(=O)N[C@H]1[C@H](O[C@H]2[C@@H](O)[C@@H](CO[C@@H]3O[C@H](CO)[C@@H](O[C@@H]4O[C@H](CO)[C@H](O)[C@H](O)[C@H]4O[C@@H]4O[C@@H](C)[C@@H](O)[C@@H](O)[C@@H]4O)[C@H](O)[C@H]3NC(C)=O)O[C@@H](O[C@@H]([C@H](O)[C@H](CO)NC(C)=O)[C@H](O)CO)[C@@H]2O)O[C@H](CO)[C@@H](O[C@@H]2O[C@H](CO)[C@H](O)[C@H](O)[C@H]2O)[C@@H]1O. The molecular weight excluding hydrogens is 1180 g/mol. The van der Waals surface area contributed by atoms with Crippen LogP contribution in [0.1, 0.15) is 27.7 Å². The first-order chi connectivity index (χ1) is 40.6. The highest BCUT2D eigenvalue weighted by molar-refractivity contribution is 5.74. The molecule has 0 aliphatic carbocycles. The van der Waals surface area contributed by atoms with Crippen LogP contribution in [0.3, 0.4) is 0 Å². The van der Waals surface area contributed by atoms with E-state index in [0.717, 1.165) is 20.8 Å². The maximum Gasteiger partial charge on any atom is 0.217 e. The summed E-state index contributed by atoms with van der Waals surface area (Å²) in [5.74, 6) is -2.58. The van der Waals surface area contributed by atoms with Crippen molar-refractivity contribution < 1.29 is 173 Å². The zero-order valence-electron chi connectivity index (χ0n) is 46.6. The minimum absolute atomic E-state index is 0.805. The van der Waals surface area contributed by atoms with Crippen molar-refractivity contribution in [2.75, 3.05) is 46.2 Å². The van der Waals surface area contributed by atoms with E-state index in [2.05, 4.69) is 16.0 Å². The first-order valence-electron chi connectivity index (χ1n) is 27.4. The highest BCUT2D eigenvalue weighted by Crippen LogP contribution is 2.37. The van der Waals surface area contributed by atoms with E-state index in [1.165, 1.54) is 6.92 Å². The molecular formula is C48H83N3O35. The number of rotatable bonds is 25. The first kappa shape index (κ1) is 72.2. The topological polar surface area (TPSA) is 603 Å². The quantitative estimate of drug-likeness (QED) is 0.0404. The third-order valence-corrected chi connectivity index (χ3v) is 15.4. The Morgan fingerprint density at radius 3 is 1.37 bits per heavy atom. The van der Waals surface area contributed by atoms with Gasteiger partial charge in [0.1, 0.15) is 159 Å². The number of ether oxygens (including phenoxy) is 12. The normalized spacial score (nSPS) is 45.5. The third-order valence-electron chi connectivity index (χ3n) is 15.4. The summed E-state index contributed by atoms with van der Waals surface area (Å²) in [4.78, 5) is 37.5. The largest absolute Gasteiger partial charge is 0.394 e. The van der Waals surface area contributed by atoms with Gasteiger partial charge in [0.05, 0.1) is 58.4 Å². The number of nitrogens with one attached hydrogen (secondary N) is 3. The van der Waals surface area contributed by atoms with Crippen LogP contribution in [0.2, 0.25) is 0 Å². The molecule has 0 unspecified atom stereocenters. The summed E-state index contributed by atoms with van der Waals surface area (Å²) < 4.78 is 69.9. The van der Waals surface area contributed by atoms with E-state index in [-0.39, 0.29) is 0 Å². The fourth-order valence-electron chi connectivity index (χ4n) is 10.6. The van der Waals surface area contributed by atoms with Crippen molar-refractivity contribution in [3.63, 3.8) is 0 Å². The Bertz CT molecular complexity index is 2120. The second kappa shape index (κ2) is 31.9. The first-order valence-corrected chi connectivity index (χ1v) is 27.4. The second-order valence-electron chi connectivity index (χ2n) is 21.6. The second-order valence-corrected chi connectivity index (χ2v) is 21.6. The van der Waals surface area contributed by atoms with Gasteiger partial charge >= 0.3 is 0 Å². The number of hydrogen-bond donors (Lipinski definition) is 23. The van der Waals surface area contributed by atoms with Crippen molar-refractivity contribution in [1.82, 2.24) is 16.0 Å². The van der Waals surface area contributed by atoms with Gasteiger partial charge in [-0.15, -0.1) is 0 Å². The van der Waals surface area contributed by atoms with Gasteiger partial charge in [0.25, 0.3) is 0 Å². The molecule has 3 amide bonds. The fraction of sp³-hybridized carbons (Fsp3) is 0.938. The van der Waals surface area contributed by atoms with Gasteiger partial charge in [0.15, 0.2) is 37.7 Å². The standard InChI is InChI=1S/C48H83N3O35/c1-12-25(62)32(69)35(72)45(76-12)86-42-34(71)28(65)19(8-55)78-48(42)84-40-20(9-56)79-43(23(30(40)67)50-14(3)59)75-11-22-29(66)41(37(74)47(81-22)82-38(17(61)6-53)26(63)16(5-52)49-13(2)58)85-44-24(51-15(4)60)31(68)39(21(10-57)80-44)83-46-36(73)33(70)27(64)18(7-54)77-46/h12,16-48,52-57,61-74H,5-11H2,1-4H3,(H,49,58)(H,50,59)(H,51,60)/t12-,16-,17+,18+,19+,20+,21+,22+,23+,24+,25+,26+,27-,28-,29-,30+,31+,32+,33-,34-,35-,36+,37+,38+,39+,40+,41-,42+,43+,44-,45-,46-,47-,48-/m0/s1. The molecule has 23 N–H and O–H groups in total. The smallest absolute Gasteiger partial charge is 0.217 e. The Morgan fingerprint density at radius 2 is 0.860 bits per heavy atom. The predicted molar refractivity (Wildman–Crippen MR) is 267 cm³/mol. The zero-order chi connectivity index (χ0) is 63.9. The summed E-state index contributed by atoms with van der Waals surface area (Å²) in [6.45, 7) is -3.00. The molecule has 6 heterocycles. The Kier molecular flexibility index (Phi) is 26.8. The van der Waals surface area contributed by atoms with Gasteiger partial charge in [0, 0.05) is 20.8 Å². The van der Waals surface area contributed by atoms with Crippen LogP contribution in [0.25, 0.3) is 0 Å². The summed E-state index contributed by atoms with van der Waals surface area (Å²) in [5, 5.41) is 223. The van der Waals surface area contributed by atoms with Crippen LogP contribution < -0.4 is 16.0 Å². The van der Waals surface area contributed by atoms with E-state index in [1.54, 1.807) is 0 Å². The van der Waals surface area contributed by atoms with Gasteiger partial charge in [-0.1, -0.05) is 0 Å². The minimum Gasteiger partial charge on any atom is -0.394 e. The minimum atomic E-state index is -2.38. The lowest BCUT2D eigenvalue weighted by atomic mass is 9.94. The molecule has 6 aliphatic heterocycles. The number of aliphatic hydroxyl groups excluding tert-OH is 20. The Balaban J connectivity index is 1.31. The molecule has 6 fully saturated rings. The average Bonchev–Trinajstić information content (AvgIpc) is 0.877. The molecule has 500 valence electrons. The fourth-order valence-corrected chi connectivity index (χ4v) is 10.6. The Morgan fingerprint density at radius 1 is 0.419 bits per heavy atom. The van der Waals surface area contributed by atoms with Crippen LogP contribution in [0.4, 0.5) is 0 Å². The molecule has 0 saturated carbocycles. The molecule has 34 atom stereocenters. The van der Waals surface area contributed by atoms with Crippen molar-refractivity contribution in [3.8, 4) is 0 Å². The third kappa shape index (κ3) is 16.4. The number of carbonyl (C=O) groups is 3. The Hall–Kier alpha value is -2.87. The van der Waals surface area contributed by atoms with Crippen LogP contribution in [0.15, 0.2) is 0 Å². The zero-order valence-corrected chi connectivity index (χ0v) is 46.6. The van der Waals surface area contributed by atoms with Crippen molar-refractivity contribution in [2.45, 2.75) is 236 Å². The van der Waals surface area contributed by atoms with Crippen molar-refractivity contribution in [3.05, 3.63) is 0 Å². The van der Waals surface area contributed by atoms with E-state index in [0.29, 0.717) is 0 Å². The van der Waals surface area contributed by atoms with Crippen molar-refractivity contribution >= 4 is 17.7 Å². The number of carbonyl (C=O) groups excluding carboxylic acids is 3. The molecule has 0 bridgehead atoms. The molecule has 0 radical (unpaired) electrons. The summed E-state index contributed by atoms with van der Waals surface area (Å²) in [7, 11) is 0. The molecule has 86 heavy (non-hydrogen) atoms. The lowest BCUT2D eigenvalue weighted by Crippen LogP contribution is -2.70. The highest BCUT2D eigenvalue weighted by Gasteiger charge is 2.58. The van der Waals surface area contributed by atoms with Gasteiger partial charge < -0.3 is 175 Å². The van der Waals surface area contributed by atoms with Gasteiger partial charge in [-0.3, -0.25) is 14.4 Å². The number of hydrogen-bond acceptors (Lipinski definition) is 35. The van der Waals surface area contributed by atoms with Crippen LogP contribution in [0, 0.1) is 0 Å². The lowest BCUT2D eigenvalue weighted by molar-refractivity contribution is -0.385. The maximum absolute atomic E-state index is 12.8. The molecule has 0 aromatic carbocycles. The van der Waals surface area contributed by atoms with E-state index in [1.807, 2.05) is 0 Å². The number of aliphatic hydroxyl groups is 20. The monoisotopic (exact) mass is 1260 g/mol. The van der Waals surface area contributed by atoms with Gasteiger partial charge in [0.2, 0.25) is 17.7 Å². The van der Waals surface area contributed by atoms with E-state index in [4.69, 9.17) is 56.8 Å². The van der Waals surface area contributed by atoms with Crippen LogP contribution in [-0.4, -0.2) is 375 Å². The molecule has 38 heteroatoms. The van der Waals surface area contributed by atoms with Gasteiger partial charge in [-0.25, -0.2) is 0 Å². The molecule has 0 spiro atoms. The predicted octanol–water partition coefficient (Wildman–Crippen LogP) is -15.2.